The Balaban J connectivity index is 1.35. The second-order valence-electron chi connectivity index (χ2n) is 5.62. The van der Waals surface area contributed by atoms with Crippen LogP contribution in [0.25, 0.3) is 0 Å². The monoisotopic (exact) mass is 327 g/mol. The molecule has 0 spiro atoms. The van der Waals surface area contributed by atoms with Crippen LogP contribution in [0, 0.1) is 0 Å². The van der Waals surface area contributed by atoms with Crippen molar-refractivity contribution in [2.45, 2.75) is 13.0 Å². The average Bonchev–Trinajstić information content (AvgIpc) is 3.07. The van der Waals surface area contributed by atoms with Crippen molar-refractivity contribution in [1.82, 2.24) is 5.32 Å². The van der Waals surface area contributed by atoms with Crippen LogP contribution in [0.2, 0.25) is 0 Å². The van der Waals surface area contributed by atoms with E-state index in [0.717, 1.165) is 22.6 Å². The van der Waals surface area contributed by atoms with E-state index in [1.807, 2.05) is 36.4 Å². The number of rotatable bonds is 4. The van der Waals surface area contributed by atoms with Crippen molar-refractivity contribution in [3.63, 3.8) is 0 Å². The fourth-order valence-corrected chi connectivity index (χ4v) is 2.70. The molecule has 0 bridgehead atoms. The summed E-state index contributed by atoms with van der Waals surface area (Å²) in [5, 5.41) is 2.91. The zero-order valence-corrected chi connectivity index (χ0v) is 13.0. The molecule has 1 amide bonds. The highest BCUT2D eigenvalue weighted by Crippen LogP contribution is 2.32. The Kier molecular flexibility index (Phi) is 3.86. The Hall–Kier alpha value is -2.89. The third-order valence-electron chi connectivity index (χ3n) is 3.90. The van der Waals surface area contributed by atoms with Gasteiger partial charge in [-0.15, -0.1) is 0 Å². The van der Waals surface area contributed by atoms with Crippen LogP contribution in [0.5, 0.6) is 23.0 Å². The van der Waals surface area contributed by atoms with Crippen LogP contribution in [-0.4, -0.2) is 25.9 Å². The number of benzene rings is 2. The molecule has 2 heterocycles. The molecule has 2 aliphatic rings. The maximum atomic E-state index is 12.1. The average molecular weight is 327 g/mol. The highest BCUT2D eigenvalue weighted by Gasteiger charge is 2.15. The molecular weight excluding hydrogens is 310 g/mol. The van der Waals surface area contributed by atoms with Gasteiger partial charge in [0, 0.05) is 6.54 Å². The second-order valence-corrected chi connectivity index (χ2v) is 5.62. The SMILES string of the molecule is O=C(Cc1ccc2c(c1)OCCO2)NCc1ccc2c(c1)OCO2. The van der Waals surface area contributed by atoms with Crippen LogP contribution in [0.1, 0.15) is 11.1 Å². The summed E-state index contributed by atoms with van der Waals surface area (Å²) in [7, 11) is 0. The minimum Gasteiger partial charge on any atom is -0.486 e. The van der Waals surface area contributed by atoms with Crippen molar-refractivity contribution in [3.05, 3.63) is 47.5 Å². The summed E-state index contributed by atoms with van der Waals surface area (Å²) in [5.74, 6) is 2.83. The van der Waals surface area contributed by atoms with Crippen molar-refractivity contribution in [2.75, 3.05) is 20.0 Å². The molecule has 0 fully saturated rings. The number of carbonyl (C=O) groups is 1. The van der Waals surface area contributed by atoms with Crippen molar-refractivity contribution in [2.24, 2.45) is 0 Å². The lowest BCUT2D eigenvalue weighted by molar-refractivity contribution is -0.120. The smallest absolute Gasteiger partial charge is 0.231 e. The van der Waals surface area contributed by atoms with E-state index < -0.39 is 0 Å². The molecule has 0 saturated heterocycles. The summed E-state index contributed by atoms with van der Waals surface area (Å²) >= 11 is 0. The van der Waals surface area contributed by atoms with E-state index in [9.17, 15) is 4.79 Å². The van der Waals surface area contributed by atoms with Gasteiger partial charge in [0.1, 0.15) is 13.2 Å². The van der Waals surface area contributed by atoms with Crippen molar-refractivity contribution >= 4 is 5.91 Å². The largest absolute Gasteiger partial charge is 0.486 e. The summed E-state index contributed by atoms with van der Waals surface area (Å²) in [5.41, 5.74) is 1.86. The number of amides is 1. The number of ether oxygens (including phenoxy) is 4. The van der Waals surface area contributed by atoms with E-state index in [0.29, 0.717) is 37.7 Å². The summed E-state index contributed by atoms with van der Waals surface area (Å²) < 4.78 is 21.6. The van der Waals surface area contributed by atoms with E-state index in [1.54, 1.807) is 0 Å². The Bertz CT molecular complexity index is 774. The summed E-state index contributed by atoms with van der Waals surface area (Å²) in [4.78, 5) is 12.1. The van der Waals surface area contributed by atoms with Gasteiger partial charge in [-0.25, -0.2) is 0 Å². The molecule has 0 unspecified atom stereocenters. The van der Waals surface area contributed by atoms with Crippen molar-refractivity contribution in [1.29, 1.82) is 0 Å². The molecule has 0 aliphatic carbocycles. The van der Waals surface area contributed by atoms with E-state index in [2.05, 4.69) is 5.32 Å². The van der Waals surface area contributed by atoms with E-state index in [4.69, 9.17) is 18.9 Å². The normalized spacial score (nSPS) is 14.3. The number of fused-ring (bicyclic) bond motifs is 2. The van der Waals surface area contributed by atoms with Gasteiger partial charge < -0.3 is 24.3 Å². The Morgan fingerprint density at radius 2 is 1.46 bits per heavy atom. The van der Waals surface area contributed by atoms with Gasteiger partial charge in [-0.1, -0.05) is 12.1 Å². The molecule has 6 heteroatoms. The van der Waals surface area contributed by atoms with Crippen LogP contribution >= 0.6 is 0 Å². The zero-order valence-electron chi connectivity index (χ0n) is 13.0. The standard InChI is InChI=1S/C18H17NO5/c20-18(9-12-1-3-14-16(7-12)22-6-5-21-14)19-10-13-2-4-15-17(8-13)24-11-23-15/h1-4,7-8H,5-6,9-11H2,(H,19,20). The lowest BCUT2D eigenvalue weighted by atomic mass is 10.1. The van der Waals surface area contributed by atoms with Crippen LogP contribution in [0.3, 0.4) is 0 Å². The van der Waals surface area contributed by atoms with Gasteiger partial charge in [-0.3, -0.25) is 4.79 Å². The fourth-order valence-electron chi connectivity index (χ4n) is 2.70. The number of nitrogens with one attached hydrogen (secondary N) is 1. The van der Waals surface area contributed by atoms with Gasteiger partial charge in [0.2, 0.25) is 12.7 Å². The molecule has 4 rings (SSSR count). The van der Waals surface area contributed by atoms with Crippen LogP contribution in [0.4, 0.5) is 0 Å². The predicted octanol–water partition coefficient (Wildman–Crippen LogP) is 2.05. The first kappa shape index (κ1) is 14.7. The summed E-state index contributed by atoms with van der Waals surface area (Å²) in [6.07, 6.45) is 0.293. The molecule has 1 N–H and O–H groups in total. The maximum Gasteiger partial charge on any atom is 0.231 e. The van der Waals surface area contributed by atoms with E-state index in [-0.39, 0.29) is 12.7 Å². The Morgan fingerprint density at radius 3 is 2.33 bits per heavy atom. The van der Waals surface area contributed by atoms with Crippen LogP contribution < -0.4 is 24.3 Å². The molecule has 2 aromatic carbocycles. The lowest BCUT2D eigenvalue weighted by Gasteiger charge is -2.18. The van der Waals surface area contributed by atoms with E-state index in [1.165, 1.54) is 0 Å². The zero-order chi connectivity index (χ0) is 16.4. The van der Waals surface area contributed by atoms with Crippen LogP contribution in [0.15, 0.2) is 36.4 Å². The summed E-state index contributed by atoms with van der Waals surface area (Å²) in [6, 6.07) is 11.2. The molecule has 0 radical (unpaired) electrons. The molecule has 2 aliphatic heterocycles. The van der Waals surface area contributed by atoms with Gasteiger partial charge in [0.25, 0.3) is 0 Å². The minimum absolute atomic E-state index is 0.0515. The van der Waals surface area contributed by atoms with Gasteiger partial charge in [0.05, 0.1) is 6.42 Å². The van der Waals surface area contributed by atoms with Crippen molar-refractivity contribution < 1.29 is 23.7 Å². The molecule has 124 valence electrons. The predicted molar refractivity (Wildman–Crippen MR) is 85.5 cm³/mol. The highest BCUT2D eigenvalue weighted by atomic mass is 16.7. The molecule has 6 nitrogen and oxygen atoms in total. The first-order chi connectivity index (χ1) is 11.8. The lowest BCUT2D eigenvalue weighted by Crippen LogP contribution is -2.24. The first-order valence-electron chi connectivity index (χ1n) is 7.82. The Morgan fingerprint density at radius 1 is 0.833 bits per heavy atom. The quantitative estimate of drug-likeness (QED) is 0.931. The minimum atomic E-state index is -0.0515. The van der Waals surface area contributed by atoms with Crippen LogP contribution in [-0.2, 0) is 17.8 Å². The van der Waals surface area contributed by atoms with Gasteiger partial charge in [-0.05, 0) is 35.4 Å². The summed E-state index contributed by atoms with van der Waals surface area (Å²) in [6.45, 7) is 1.78. The van der Waals surface area contributed by atoms with Crippen molar-refractivity contribution in [3.8, 4) is 23.0 Å². The number of hydrogen-bond acceptors (Lipinski definition) is 5. The number of hydrogen-bond donors (Lipinski definition) is 1. The third kappa shape index (κ3) is 3.08. The number of carbonyl (C=O) groups excluding carboxylic acids is 1. The fraction of sp³-hybridized carbons (Fsp3) is 0.278. The third-order valence-corrected chi connectivity index (χ3v) is 3.90. The van der Waals surface area contributed by atoms with Gasteiger partial charge >= 0.3 is 0 Å². The molecule has 0 atom stereocenters. The first-order valence-corrected chi connectivity index (χ1v) is 7.82. The Labute approximate surface area is 139 Å². The van der Waals surface area contributed by atoms with Gasteiger partial charge in [-0.2, -0.15) is 0 Å². The molecular formula is C18H17NO5. The molecule has 24 heavy (non-hydrogen) atoms. The molecule has 2 aromatic rings. The topological polar surface area (TPSA) is 66.0 Å². The molecule has 0 saturated carbocycles. The molecule has 0 aromatic heterocycles. The van der Waals surface area contributed by atoms with Gasteiger partial charge in [0.15, 0.2) is 23.0 Å². The second kappa shape index (κ2) is 6.31. The van der Waals surface area contributed by atoms with E-state index >= 15 is 0 Å². The highest BCUT2D eigenvalue weighted by molar-refractivity contribution is 5.78. The maximum absolute atomic E-state index is 12.1.